The van der Waals surface area contributed by atoms with Gasteiger partial charge in [-0.15, -0.1) is 0 Å². The van der Waals surface area contributed by atoms with E-state index in [1.807, 2.05) is 6.92 Å². The number of aromatic nitrogens is 2. The van der Waals surface area contributed by atoms with E-state index in [-0.39, 0.29) is 6.04 Å². The second-order valence-corrected chi connectivity index (χ2v) is 9.30. The molecule has 0 aromatic carbocycles. The van der Waals surface area contributed by atoms with Crippen LogP contribution in [0.1, 0.15) is 18.5 Å². The number of hydrogen-bond donors (Lipinski definition) is 2. The largest absolute Gasteiger partial charge is 0.367 e. The maximum Gasteiger partial charge on any atom is 0.211 e. The Kier molecular flexibility index (Phi) is 5.44. The molecule has 1 saturated heterocycles. The van der Waals surface area contributed by atoms with Crippen LogP contribution in [-0.4, -0.2) is 55.1 Å². The standard InChI is InChI=1S/C16H22FN5O2S2/c1-10-15(25-16(18-2)20-10)12-8-14(19-9-13(12)17)21-11-4-6-22(7-5-11)26(3,23)24/h8-9,11H,4-7H2,1-3H3,(H,18,20)(H,19,21). The summed E-state index contributed by atoms with van der Waals surface area (Å²) in [6.45, 7) is 2.80. The molecule has 142 valence electrons. The Morgan fingerprint density at radius 3 is 2.62 bits per heavy atom. The number of rotatable bonds is 5. The number of halogens is 1. The predicted octanol–water partition coefficient (Wildman–Crippen LogP) is 2.53. The highest BCUT2D eigenvalue weighted by molar-refractivity contribution is 7.88. The summed E-state index contributed by atoms with van der Waals surface area (Å²) < 4.78 is 39.0. The molecule has 0 unspecified atom stereocenters. The zero-order chi connectivity index (χ0) is 18.9. The molecule has 1 aliphatic rings. The fraction of sp³-hybridized carbons (Fsp3) is 0.500. The normalized spacial score (nSPS) is 16.6. The number of nitrogens with one attached hydrogen (secondary N) is 2. The van der Waals surface area contributed by atoms with Gasteiger partial charge >= 0.3 is 0 Å². The average molecular weight is 400 g/mol. The van der Waals surface area contributed by atoms with Crippen LogP contribution in [0.3, 0.4) is 0 Å². The lowest BCUT2D eigenvalue weighted by Gasteiger charge is -2.31. The molecule has 3 rings (SSSR count). The van der Waals surface area contributed by atoms with Gasteiger partial charge in [-0.2, -0.15) is 0 Å². The first kappa shape index (κ1) is 19.0. The molecule has 1 aliphatic heterocycles. The van der Waals surface area contributed by atoms with E-state index in [2.05, 4.69) is 20.6 Å². The van der Waals surface area contributed by atoms with Crippen molar-refractivity contribution in [3.63, 3.8) is 0 Å². The molecule has 0 saturated carbocycles. The highest BCUT2D eigenvalue weighted by Gasteiger charge is 2.25. The van der Waals surface area contributed by atoms with Crippen LogP contribution in [0.15, 0.2) is 12.3 Å². The number of nitrogens with zero attached hydrogens (tertiary/aromatic N) is 3. The number of piperidine rings is 1. The summed E-state index contributed by atoms with van der Waals surface area (Å²) in [4.78, 5) is 9.26. The van der Waals surface area contributed by atoms with Gasteiger partial charge in [0.05, 0.1) is 23.0 Å². The molecule has 2 aromatic heterocycles. The maximum atomic E-state index is 14.3. The Morgan fingerprint density at radius 2 is 2.04 bits per heavy atom. The first-order valence-corrected chi connectivity index (χ1v) is 11.0. The summed E-state index contributed by atoms with van der Waals surface area (Å²) >= 11 is 1.39. The van der Waals surface area contributed by atoms with Crippen molar-refractivity contribution < 1.29 is 12.8 Å². The number of sulfonamides is 1. The van der Waals surface area contributed by atoms with Crippen molar-refractivity contribution >= 4 is 32.3 Å². The fourth-order valence-electron chi connectivity index (χ4n) is 2.99. The molecule has 7 nitrogen and oxygen atoms in total. The third kappa shape index (κ3) is 4.13. The molecular formula is C16H22FN5O2S2. The van der Waals surface area contributed by atoms with E-state index >= 15 is 0 Å². The molecule has 0 aliphatic carbocycles. The van der Waals surface area contributed by atoms with E-state index < -0.39 is 15.8 Å². The zero-order valence-electron chi connectivity index (χ0n) is 14.9. The van der Waals surface area contributed by atoms with Crippen LogP contribution in [-0.2, 0) is 10.0 Å². The number of aryl methyl sites for hydroxylation is 1. The average Bonchev–Trinajstić information content (AvgIpc) is 2.97. The van der Waals surface area contributed by atoms with Crippen molar-refractivity contribution in [3.8, 4) is 10.4 Å². The van der Waals surface area contributed by atoms with E-state index in [0.29, 0.717) is 37.3 Å². The van der Waals surface area contributed by atoms with Crippen LogP contribution in [0.5, 0.6) is 0 Å². The lowest BCUT2D eigenvalue weighted by atomic mass is 10.1. The Balaban J connectivity index is 1.75. The van der Waals surface area contributed by atoms with Gasteiger partial charge in [0.1, 0.15) is 11.6 Å². The SMILES string of the molecule is CNc1nc(C)c(-c2cc(NC3CCN(S(C)(=O)=O)CC3)ncc2F)s1. The fourth-order valence-corrected chi connectivity index (χ4v) is 4.80. The van der Waals surface area contributed by atoms with E-state index in [1.165, 1.54) is 28.1 Å². The molecule has 2 aromatic rings. The summed E-state index contributed by atoms with van der Waals surface area (Å²) in [5.41, 5.74) is 1.23. The maximum absolute atomic E-state index is 14.3. The van der Waals surface area contributed by atoms with Gasteiger partial charge in [0.25, 0.3) is 0 Å². The van der Waals surface area contributed by atoms with Crippen molar-refractivity contribution in [1.82, 2.24) is 14.3 Å². The third-order valence-electron chi connectivity index (χ3n) is 4.39. The number of thiazole rings is 1. The Labute approximate surface area is 156 Å². The first-order valence-electron chi connectivity index (χ1n) is 8.30. The molecule has 0 amide bonds. The van der Waals surface area contributed by atoms with Gasteiger partial charge in [-0.1, -0.05) is 11.3 Å². The molecule has 2 N–H and O–H groups in total. The summed E-state index contributed by atoms with van der Waals surface area (Å²) in [6.07, 6.45) is 3.81. The number of anilines is 2. The molecule has 0 atom stereocenters. The van der Waals surface area contributed by atoms with Gasteiger partial charge in [0.2, 0.25) is 10.0 Å². The molecule has 3 heterocycles. The summed E-state index contributed by atoms with van der Waals surface area (Å²) in [5.74, 6) is 0.190. The Bertz CT molecular complexity index is 892. The molecule has 26 heavy (non-hydrogen) atoms. The van der Waals surface area contributed by atoms with Crippen LogP contribution < -0.4 is 10.6 Å². The number of pyridine rings is 1. The van der Waals surface area contributed by atoms with Crippen molar-refractivity contribution in [2.24, 2.45) is 0 Å². The molecule has 1 fully saturated rings. The lowest BCUT2D eigenvalue weighted by molar-refractivity contribution is 0.331. The summed E-state index contributed by atoms with van der Waals surface area (Å²) in [5, 5.41) is 7.01. The predicted molar refractivity (Wildman–Crippen MR) is 103 cm³/mol. The van der Waals surface area contributed by atoms with E-state index in [9.17, 15) is 12.8 Å². The van der Waals surface area contributed by atoms with E-state index in [0.717, 1.165) is 15.7 Å². The van der Waals surface area contributed by atoms with Crippen molar-refractivity contribution in [1.29, 1.82) is 0 Å². The third-order valence-corrected chi connectivity index (χ3v) is 6.90. The molecule has 0 spiro atoms. The van der Waals surface area contributed by atoms with E-state index in [4.69, 9.17) is 0 Å². The summed E-state index contributed by atoms with van der Waals surface area (Å²) in [6, 6.07) is 1.80. The second kappa shape index (κ2) is 7.45. The monoisotopic (exact) mass is 399 g/mol. The molecular weight excluding hydrogens is 377 g/mol. The van der Waals surface area contributed by atoms with Crippen molar-refractivity contribution in [2.75, 3.05) is 37.0 Å². The van der Waals surface area contributed by atoms with Crippen molar-refractivity contribution in [2.45, 2.75) is 25.8 Å². The highest BCUT2D eigenvalue weighted by Crippen LogP contribution is 2.35. The minimum absolute atomic E-state index is 0.106. The second-order valence-electron chi connectivity index (χ2n) is 6.31. The van der Waals surface area contributed by atoms with Crippen LogP contribution in [0.2, 0.25) is 0 Å². The minimum atomic E-state index is -3.15. The Morgan fingerprint density at radius 1 is 1.35 bits per heavy atom. The van der Waals surface area contributed by atoms with Gasteiger partial charge in [-0.05, 0) is 25.8 Å². The quantitative estimate of drug-likeness (QED) is 0.803. The Hall–Kier alpha value is -1.78. The van der Waals surface area contributed by atoms with E-state index in [1.54, 1.807) is 13.1 Å². The van der Waals surface area contributed by atoms with Gasteiger partial charge < -0.3 is 10.6 Å². The lowest BCUT2D eigenvalue weighted by Crippen LogP contribution is -2.41. The smallest absolute Gasteiger partial charge is 0.211 e. The molecule has 0 bridgehead atoms. The first-order chi connectivity index (χ1) is 12.3. The molecule has 10 heteroatoms. The van der Waals surface area contributed by atoms with Gasteiger partial charge in [0.15, 0.2) is 5.13 Å². The van der Waals surface area contributed by atoms with Crippen LogP contribution in [0, 0.1) is 12.7 Å². The minimum Gasteiger partial charge on any atom is -0.367 e. The zero-order valence-corrected chi connectivity index (χ0v) is 16.5. The van der Waals surface area contributed by atoms with Gasteiger partial charge in [-0.3, -0.25) is 0 Å². The van der Waals surface area contributed by atoms with Gasteiger partial charge in [0, 0.05) is 31.7 Å². The topological polar surface area (TPSA) is 87.2 Å². The highest BCUT2D eigenvalue weighted by atomic mass is 32.2. The van der Waals surface area contributed by atoms with Crippen molar-refractivity contribution in [3.05, 3.63) is 23.8 Å². The van der Waals surface area contributed by atoms with Gasteiger partial charge in [-0.25, -0.2) is 27.1 Å². The summed E-state index contributed by atoms with van der Waals surface area (Å²) in [7, 11) is -1.37. The number of hydrogen-bond acceptors (Lipinski definition) is 7. The molecule has 0 radical (unpaired) electrons. The van der Waals surface area contributed by atoms with Crippen LogP contribution in [0.4, 0.5) is 15.3 Å². The van der Waals surface area contributed by atoms with Crippen LogP contribution >= 0.6 is 11.3 Å². The van der Waals surface area contributed by atoms with Crippen LogP contribution in [0.25, 0.3) is 10.4 Å².